The van der Waals surface area contributed by atoms with Crippen molar-refractivity contribution in [2.75, 3.05) is 13.1 Å². The van der Waals surface area contributed by atoms with Crippen LogP contribution < -0.4 is 0 Å². The largest absolute Gasteiger partial charge is 0.319 e. The highest BCUT2D eigenvalue weighted by Gasteiger charge is 2.52. The lowest BCUT2D eigenvalue weighted by molar-refractivity contribution is -0.948. The van der Waals surface area contributed by atoms with Gasteiger partial charge in [0.15, 0.2) is 0 Å². The average Bonchev–Trinajstić information content (AvgIpc) is 2.79. The number of quaternary nitrogens is 1. The second-order valence-electron chi connectivity index (χ2n) is 6.73. The number of fused-ring (bicyclic) bond motifs is 1. The van der Waals surface area contributed by atoms with Crippen molar-refractivity contribution in [2.24, 2.45) is 11.8 Å². The summed E-state index contributed by atoms with van der Waals surface area (Å²) in [6.45, 7) is 11.5. The van der Waals surface area contributed by atoms with Crippen molar-refractivity contribution >= 4 is 5.78 Å². The third-order valence-corrected chi connectivity index (χ3v) is 5.33. The van der Waals surface area contributed by atoms with Gasteiger partial charge in [0.25, 0.3) is 0 Å². The van der Waals surface area contributed by atoms with Gasteiger partial charge in [-0.1, -0.05) is 13.8 Å². The van der Waals surface area contributed by atoms with E-state index in [0.717, 1.165) is 18.5 Å². The predicted molar refractivity (Wildman–Crippen MR) is 70.7 cm³/mol. The molecule has 0 aliphatic carbocycles. The smallest absolute Gasteiger partial charge is 0.135 e. The maximum atomic E-state index is 12.0. The van der Waals surface area contributed by atoms with Crippen molar-refractivity contribution in [1.82, 2.24) is 0 Å². The number of rotatable bonds is 4. The first-order chi connectivity index (χ1) is 7.97. The van der Waals surface area contributed by atoms with E-state index in [1.165, 1.54) is 36.8 Å². The Hall–Kier alpha value is -0.370. The van der Waals surface area contributed by atoms with Crippen LogP contribution in [0, 0.1) is 11.8 Å². The molecule has 0 aromatic rings. The lowest BCUT2D eigenvalue weighted by Crippen LogP contribution is -2.53. The van der Waals surface area contributed by atoms with Gasteiger partial charge in [0.1, 0.15) is 5.78 Å². The highest BCUT2D eigenvalue weighted by molar-refractivity contribution is 5.80. The first-order valence-corrected chi connectivity index (χ1v) is 7.36. The van der Waals surface area contributed by atoms with Crippen LogP contribution in [0.5, 0.6) is 0 Å². The molecule has 17 heavy (non-hydrogen) atoms. The van der Waals surface area contributed by atoms with Crippen LogP contribution in [0.1, 0.15) is 53.4 Å². The lowest BCUT2D eigenvalue weighted by atomic mass is 9.89. The molecule has 0 bridgehead atoms. The Balaban J connectivity index is 2.06. The van der Waals surface area contributed by atoms with Crippen LogP contribution in [0.2, 0.25) is 0 Å². The van der Waals surface area contributed by atoms with Crippen molar-refractivity contribution in [3.63, 3.8) is 0 Å². The molecular formula is C15H28NO+. The van der Waals surface area contributed by atoms with E-state index >= 15 is 0 Å². The van der Waals surface area contributed by atoms with Gasteiger partial charge in [0.05, 0.1) is 25.2 Å². The maximum absolute atomic E-state index is 12.0. The summed E-state index contributed by atoms with van der Waals surface area (Å²) in [5, 5.41) is 0. The fourth-order valence-corrected chi connectivity index (χ4v) is 4.18. The minimum Gasteiger partial charge on any atom is -0.319 e. The van der Waals surface area contributed by atoms with Gasteiger partial charge in [-0.2, -0.15) is 0 Å². The summed E-state index contributed by atoms with van der Waals surface area (Å²) >= 11 is 0. The molecule has 0 radical (unpaired) electrons. The van der Waals surface area contributed by atoms with Crippen LogP contribution >= 0.6 is 0 Å². The zero-order valence-corrected chi connectivity index (χ0v) is 11.9. The molecule has 0 saturated carbocycles. The van der Waals surface area contributed by atoms with Gasteiger partial charge >= 0.3 is 0 Å². The van der Waals surface area contributed by atoms with Gasteiger partial charge in [-0.25, -0.2) is 0 Å². The first-order valence-electron chi connectivity index (χ1n) is 7.36. The van der Waals surface area contributed by atoms with E-state index in [1.807, 2.05) is 13.8 Å². The molecule has 2 fully saturated rings. The van der Waals surface area contributed by atoms with E-state index in [9.17, 15) is 4.79 Å². The molecule has 2 aliphatic heterocycles. The summed E-state index contributed by atoms with van der Waals surface area (Å²) in [6.07, 6.45) is 4.85. The highest BCUT2D eigenvalue weighted by atomic mass is 16.1. The summed E-state index contributed by atoms with van der Waals surface area (Å²) in [5.41, 5.74) is 0. The molecule has 0 aromatic carbocycles. The van der Waals surface area contributed by atoms with Crippen molar-refractivity contribution in [1.29, 1.82) is 0 Å². The third kappa shape index (κ3) is 2.16. The van der Waals surface area contributed by atoms with Crippen LogP contribution in [0.25, 0.3) is 0 Å². The van der Waals surface area contributed by atoms with Crippen molar-refractivity contribution in [2.45, 2.75) is 65.5 Å². The normalized spacial score (nSPS) is 36.8. The van der Waals surface area contributed by atoms with E-state index in [0.29, 0.717) is 11.7 Å². The highest BCUT2D eigenvalue weighted by Crippen LogP contribution is 2.43. The summed E-state index contributed by atoms with van der Waals surface area (Å²) in [4.78, 5) is 12.0. The van der Waals surface area contributed by atoms with Crippen LogP contribution in [0.3, 0.4) is 0 Å². The summed E-state index contributed by atoms with van der Waals surface area (Å²) in [7, 11) is 0. The number of ketones is 1. The molecule has 98 valence electrons. The number of carbonyl (C=O) groups excluding carboxylic acids is 1. The monoisotopic (exact) mass is 238 g/mol. The van der Waals surface area contributed by atoms with Crippen LogP contribution in [-0.4, -0.2) is 35.4 Å². The minimum absolute atomic E-state index is 0.220. The SMILES string of the molecule is CC(C)C(=O)CC1CC[N+]2(C(C)C)CCCC12. The summed E-state index contributed by atoms with van der Waals surface area (Å²) in [6, 6.07) is 1.53. The Morgan fingerprint density at radius 2 is 1.88 bits per heavy atom. The van der Waals surface area contributed by atoms with Gasteiger partial charge in [-0.05, 0) is 13.8 Å². The zero-order valence-electron chi connectivity index (χ0n) is 11.9. The molecule has 2 heterocycles. The molecule has 2 rings (SSSR count). The standard InChI is InChI=1S/C15H28NO/c1-11(2)15(17)10-13-7-9-16(12(3)4)8-5-6-14(13)16/h11-14H,5-10H2,1-4H3/q+1. The van der Waals surface area contributed by atoms with Crippen LogP contribution in [0.15, 0.2) is 0 Å². The Morgan fingerprint density at radius 3 is 2.47 bits per heavy atom. The topological polar surface area (TPSA) is 17.1 Å². The fourth-order valence-electron chi connectivity index (χ4n) is 4.18. The molecular weight excluding hydrogens is 210 g/mol. The molecule has 2 heteroatoms. The minimum atomic E-state index is 0.220. The molecule has 0 amide bonds. The number of hydrogen-bond donors (Lipinski definition) is 0. The Morgan fingerprint density at radius 1 is 1.18 bits per heavy atom. The van der Waals surface area contributed by atoms with Crippen LogP contribution in [-0.2, 0) is 4.79 Å². The van der Waals surface area contributed by atoms with Crippen molar-refractivity contribution < 1.29 is 9.28 Å². The molecule has 3 unspecified atom stereocenters. The number of nitrogens with zero attached hydrogens (tertiary/aromatic N) is 1. The zero-order chi connectivity index (χ0) is 12.6. The van der Waals surface area contributed by atoms with Gasteiger partial charge < -0.3 is 4.48 Å². The Kier molecular flexibility index (Phi) is 3.63. The summed E-state index contributed by atoms with van der Waals surface area (Å²) in [5.74, 6) is 1.37. The molecule has 2 saturated heterocycles. The van der Waals surface area contributed by atoms with E-state index < -0.39 is 0 Å². The van der Waals surface area contributed by atoms with Gasteiger partial charge in [0, 0.05) is 37.5 Å². The van der Waals surface area contributed by atoms with Crippen LogP contribution in [0.4, 0.5) is 0 Å². The second-order valence-corrected chi connectivity index (χ2v) is 6.73. The first kappa shape index (κ1) is 13.1. The third-order valence-electron chi connectivity index (χ3n) is 5.33. The van der Waals surface area contributed by atoms with E-state index in [1.54, 1.807) is 0 Å². The molecule has 0 spiro atoms. The average molecular weight is 238 g/mol. The number of carbonyl (C=O) groups is 1. The van der Waals surface area contributed by atoms with E-state index in [2.05, 4.69) is 13.8 Å². The van der Waals surface area contributed by atoms with Gasteiger partial charge in [-0.3, -0.25) is 4.79 Å². The molecule has 0 N–H and O–H groups in total. The maximum Gasteiger partial charge on any atom is 0.135 e. The quantitative estimate of drug-likeness (QED) is 0.688. The van der Waals surface area contributed by atoms with E-state index in [4.69, 9.17) is 0 Å². The predicted octanol–water partition coefficient (Wildman–Crippen LogP) is 3.01. The Labute approximate surface area is 106 Å². The lowest BCUT2D eigenvalue weighted by Gasteiger charge is -2.40. The molecule has 2 aliphatic rings. The molecule has 0 aromatic heterocycles. The number of hydrogen-bond acceptors (Lipinski definition) is 1. The van der Waals surface area contributed by atoms with Crippen molar-refractivity contribution in [3.05, 3.63) is 0 Å². The van der Waals surface area contributed by atoms with Gasteiger partial charge in [0.2, 0.25) is 0 Å². The van der Waals surface area contributed by atoms with Gasteiger partial charge in [-0.15, -0.1) is 0 Å². The van der Waals surface area contributed by atoms with E-state index in [-0.39, 0.29) is 5.92 Å². The van der Waals surface area contributed by atoms with Crippen molar-refractivity contribution in [3.8, 4) is 0 Å². The molecule has 2 nitrogen and oxygen atoms in total. The number of Topliss-reactive ketones (excluding diaryl/α,β-unsaturated/α-hetero) is 1. The Bertz CT molecular complexity index is 297. The second kappa shape index (κ2) is 4.72. The fraction of sp³-hybridized carbons (Fsp3) is 0.933. The summed E-state index contributed by atoms with van der Waals surface area (Å²) < 4.78 is 1.32. The molecule has 3 atom stereocenters.